The van der Waals surface area contributed by atoms with E-state index in [-0.39, 0.29) is 24.7 Å². The Morgan fingerprint density at radius 2 is 0.693 bits per heavy atom. The van der Waals surface area contributed by atoms with Gasteiger partial charge in [0.1, 0.15) is 65.7 Å². The van der Waals surface area contributed by atoms with Crippen LogP contribution in [0.15, 0.2) is 227 Å². The van der Waals surface area contributed by atoms with E-state index in [1.54, 1.807) is 48.5 Å². The molecular formula is C96H76N16O2. The summed E-state index contributed by atoms with van der Waals surface area (Å²) < 4.78 is 12.4. The van der Waals surface area contributed by atoms with Crippen molar-refractivity contribution in [2.45, 2.75) is 80.1 Å². The first-order valence-electron chi connectivity index (χ1n) is 37.3. The number of nitrogens with zero attached hydrogens (tertiary/aromatic N) is 16. The molecule has 18 rings (SSSR count). The number of fused-ring (bicyclic) bond motifs is 10. The zero-order valence-electron chi connectivity index (χ0n) is 65.1. The van der Waals surface area contributed by atoms with E-state index in [4.69, 9.17) is 35.1 Å². The minimum absolute atomic E-state index is 0.00581. The summed E-state index contributed by atoms with van der Waals surface area (Å²) in [5, 5.41) is 42.8. The largest absolute Gasteiger partial charge is 0.456 e. The van der Waals surface area contributed by atoms with Crippen molar-refractivity contribution in [2.24, 2.45) is 0 Å². The second-order valence-corrected chi connectivity index (χ2v) is 28.8. The summed E-state index contributed by atoms with van der Waals surface area (Å²) in [5.74, 6) is 0. The topological polar surface area (TPSA) is 165 Å². The van der Waals surface area contributed by atoms with Gasteiger partial charge in [0.25, 0.3) is 0 Å². The van der Waals surface area contributed by atoms with Crippen LogP contribution in [-0.2, 0) is 0 Å². The summed E-state index contributed by atoms with van der Waals surface area (Å²) in [4.78, 5) is 31.9. The molecule has 0 saturated carbocycles. The zero-order chi connectivity index (χ0) is 80.2. The lowest BCUT2D eigenvalue weighted by molar-refractivity contribution is 0.661. The fraction of sp³-hybridized carbons (Fsp3) is 0.167. The van der Waals surface area contributed by atoms with Gasteiger partial charge < -0.3 is 48.0 Å². The molecule has 2 aromatic heterocycles. The summed E-state index contributed by atoms with van der Waals surface area (Å²) in [6.07, 6.45) is -0.127. The number of aryl methyl sites for hydroxylation is 4. The van der Waals surface area contributed by atoms with Gasteiger partial charge >= 0.3 is 0 Å². The van der Waals surface area contributed by atoms with Crippen LogP contribution >= 0.6 is 0 Å². The van der Waals surface area contributed by atoms with E-state index in [2.05, 4.69) is 235 Å². The Hall–Kier alpha value is -15.4. The minimum atomic E-state index is -0.0717. The third kappa shape index (κ3) is 12.0. The highest BCUT2D eigenvalue weighted by atomic mass is 16.3. The first kappa shape index (κ1) is 74.0. The lowest BCUT2D eigenvalue weighted by Crippen LogP contribution is -2.36. The van der Waals surface area contributed by atoms with Crippen molar-refractivity contribution in [1.82, 2.24) is 0 Å². The third-order valence-electron chi connectivity index (χ3n) is 22.6. The molecule has 0 spiro atoms. The molecule has 4 atom stereocenters. The summed E-state index contributed by atoms with van der Waals surface area (Å²) >= 11 is 0. The van der Waals surface area contributed by atoms with E-state index >= 15 is 0 Å². The maximum atomic E-state index is 9.66. The molecule has 18 heteroatoms. The van der Waals surface area contributed by atoms with Crippen molar-refractivity contribution >= 4 is 135 Å². The maximum Gasteiger partial charge on any atom is 0.212 e. The summed E-state index contributed by atoms with van der Waals surface area (Å²) in [6, 6.07) is 80.7. The number of nitriles is 4. The van der Waals surface area contributed by atoms with Crippen molar-refractivity contribution < 1.29 is 8.83 Å². The van der Waals surface area contributed by atoms with E-state index < -0.39 is 0 Å². The molecule has 114 heavy (non-hydrogen) atoms. The Morgan fingerprint density at radius 3 is 1.16 bits per heavy atom. The molecule has 0 N–H and O–H groups in total. The highest BCUT2D eigenvalue weighted by Gasteiger charge is 2.42. The summed E-state index contributed by atoms with van der Waals surface area (Å²) in [7, 11) is 7.89. The Balaban J connectivity index is 0.000000120. The van der Waals surface area contributed by atoms with Crippen molar-refractivity contribution in [3.05, 3.63) is 309 Å². The molecule has 0 unspecified atom stereocenters. The first-order valence-corrected chi connectivity index (χ1v) is 37.3. The molecule has 0 aliphatic carbocycles. The molecule has 14 aromatic rings. The summed E-state index contributed by atoms with van der Waals surface area (Å²) in [5.41, 5.74) is 27.3. The number of hydrogen-bond donors (Lipinski definition) is 0. The van der Waals surface area contributed by atoms with Gasteiger partial charge in [0.05, 0.1) is 105 Å². The molecule has 0 radical (unpaired) electrons. The average molecular weight is 1490 g/mol. The van der Waals surface area contributed by atoms with E-state index in [1.165, 1.54) is 11.1 Å². The predicted molar refractivity (Wildman–Crippen MR) is 460 cm³/mol. The minimum Gasteiger partial charge on any atom is -0.456 e. The molecular weight excluding hydrogens is 1410 g/mol. The molecule has 6 heterocycles. The number of rotatable bonds is 6. The molecule has 12 aromatic carbocycles. The van der Waals surface area contributed by atoms with Gasteiger partial charge in [-0.3, -0.25) is 0 Å². The van der Waals surface area contributed by atoms with Crippen molar-refractivity contribution in [3.63, 3.8) is 0 Å². The highest BCUT2D eigenvalue weighted by molar-refractivity contribution is 6.13. The van der Waals surface area contributed by atoms with Gasteiger partial charge in [-0.2, -0.15) is 21.0 Å². The van der Waals surface area contributed by atoms with Gasteiger partial charge in [-0.05, 0) is 125 Å². The third-order valence-corrected chi connectivity index (χ3v) is 22.6. The van der Waals surface area contributed by atoms with Crippen LogP contribution in [0, 0.1) is 99.3 Å². The smallest absolute Gasteiger partial charge is 0.212 e. The summed E-state index contributed by atoms with van der Waals surface area (Å²) in [6.45, 7) is 47.4. The van der Waals surface area contributed by atoms with Crippen LogP contribution < -0.4 is 39.2 Å². The van der Waals surface area contributed by atoms with E-state index in [0.717, 1.165) is 146 Å². The molecule has 0 saturated heterocycles. The number of para-hydroxylation sites is 3. The molecule has 0 bridgehead atoms. The molecule has 18 nitrogen and oxygen atoms in total. The van der Waals surface area contributed by atoms with Crippen molar-refractivity contribution in [3.8, 4) is 46.5 Å². The van der Waals surface area contributed by atoms with Gasteiger partial charge in [-0.1, -0.05) is 182 Å². The van der Waals surface area contributed by atoms with E-state index in [9.17, 15) is 21.0 Å². The second kappa shape index (κ2) is 29.9. The van der Waals surface area contributed by atoms with Crippen LogP contribution in [0.1, 0.15) is 72.2 Å². The number of hydrogen-bond acceptors (Lipinski definition) is 14. The quantitative estimate of drug-likeness (QED) is 0.144. The van der Waals surface area contributed by atoms with Crippen LogP contribution in [0.4, 0.5) is 91.0 Å². The van der Waals surface area contributed by atoms with E-state index in [0.29, 0.717) is 45.0 Å². The van der Waals surface area contributed by atoms with Crippen molar-refractivity contribution in [1.29, 1.82) is 21.0 Å². The lowest BCUT2D eigenvalue weighted by atomic mass is 9.98. The predicted octanol–water partition coefficient (Wildman–Crippen LogP) is 24.5. The Kier molecular flexibility index (Phi) is 19.4. The van der Waals surface area contributed by atoms with Gasteiger partial charge in [0.15, 0.2) is 5.58 Å². The molecule has 4 aliphatic heterocycles. The fourth-order valence-corrected chi connectivity index (χ4v) is 16.7. The average Bonchev–Trinajstić information content (AvgIpc) is 1.59. The molecule has 4 aliphatic rings. The van der Waals surface area contributed by atoms with Gasteiger partial charge in [0.2, 0.25) is 22.7 Å². The maximum absolute atomic E-state index is 9.66. The Morgan fingerprint density at radius 1 is 0.298 bits per heavy atom. The second-order valence-electron chi connectivity index (χ2n) is 28.8. The lowest BCUT2D eigenvalue weighted by Gasteiger charge is -2.31. The normalized spacial score (nSPS) is 15.3. The van der Waals surface area contributed by atoms with Crippen LogP contribution in [-0.4, -0.2) is 52.9 Å². The molecule has 0 amide bonds. The van der Waals surface area contributed by atoms with Crippen LogP contribution in [0.5, 0.6) is 0 Å². The van der Waals surface area contributed by atoms with Crippen LogP contribution in [0.25, 0.3) is 85.5 Å². The number of anilines is 12. The number of benzene rings is 12. The van der Waals surface area contributed by atoms with E-state index in [1.807, 2.05) is 101 Å². The Bertz CT molecular complexity index is 6640. The standard InChI is InChI=1S/2C24H18N4O.2C24H20N4/c1-14-9-11-18-17-7-5-6-8-20(17)29-24(18)21(14)28-15(2)27(4)22-16(13-25)10-12-19(26-3)23(22)28;1-14-11-18-17-7-5-6-8-21(17)29-22(18)12-20(14)28-15(2)27(4)23-16(13-25)9-10-19(26-3)24(23)28;1-16-9-8-12-20(18-10-6-5-7-11-18)22(16)28-17(2)27(4)23-19(15-25)13-14-21(26-3)24(23)28;1-16-14-19(18-8-6-5-7-9-18)11-13-22(16)28-17(2)27(4)23-20(15-25)10-12-21(26-3)24(23)28/h2*5-12,15H,1-2,4H3;2*5-14,17H,1-2,4H3/t2*15-;2*17-/m0000/s1. The monoisotopic (exact) mass is 1480 g/mol. The van der Waals surface area contributed by atoms with Gasteiger partial charge in [-0.25, -0.2) is 19.4 Å². The number of furan rings is 2. The van der Waals surface area contributed by atoms with Gasteiger partial charge in [-0.15, -0.1) is 0 Å². The SMILES string of the molecule is [C-]#[N+]c1ccc(C#N)c2c1N(c1c(C)ccc3c1oc1ccccc13)[C@@H](C)N2C.[C-]#[N+]c1ccc(C#N)c2c1N(c1c(C)cccc1-c1ccccc1)[C@@H](C)N2C.[C-]#[N+]c1ccc(C#N)c2c1N(c1cc3oc4ccccc4c3cc1C)[C@@H](C)N2C.[C-]#[N+]c1ccc(C#N)c2c1N(c1ccc(-c3ccccc3)cc1C)[C@@H](C)N2C. The fourth-order valence-electron chi connectivity index (χ4n) is 16.7. The van der Waals surface area contributed by atoms with Gasteiger partial charge in [0, 0.05) is 72.7 Å². The zero-order valence-corrected chi connectivity index (χ0v) is 65.1. The van der Waals surface area contributed by atoms with Crippen LogP contribution in [0.3, 0.4) is 0 Å². The van der Waals surface area contributed by atoms with Crippen molar-refractivity contribution in [2.75, 3.05) is 67.4 Å². The molecule has 552 valence electrons. The van der Waals surface area contributed by atoms with Crippen LogP contribution in [0.2, 0.25) is 0 Å². The molecule has 0 fully saturated rings. The Labute approximate surface area is 663 Å². The first-order chi connectivity index (χ1) is 55.2. The highest BCUT2D eigenvalue weighted by Crippen LogP contribution is 2.58.